The third-order valence-electron chi connectivity index (χ3n) is 4.58. The molecule has 98 valence electrons. The van der Waals surface area contributed by atoms with Gasteiger partial charge in [0.05, 0.1) is 6.10 Å². The summed E-state index contributed by atoms with van der Waals surface area (Å²) in [5, 5.41) is 3.73. The maximum atomic E-state index is 5.83. The molecule has 1 N–H and O–H groups in total. The Labute approximate surface area is 104 Å². The lowest BCUT2D eigenvalue weighted by Gasteiger charge is -2.39. The third kappa shape index (κ3) is 3.21. The summed E-state index contributed by atoms with van der Waals surface area (Å²) in [6.07, 6.45) is 9.49. The minimum atomic E-state index is 0.454. The van der Waals surface area contributed by atoms with Gasteiger partial charge in [-0.25, -0.2) is 0 Å². The van der Waals surface area contributed by atoms with Gasteiger partial charge in [0.1, 0.15) is 0 Å². The van der Waals surface area contributed by atoms with E-state index in [4.69, 9.17) is 9.47 Å². The first kappa shape index (κ1) is 11.9. The molecular weight excluding hydrogens is 214 g/mol. The average Bonchev–Trinajstić information content (AvgIpc) is 3.06. The molecule has 0 amide bonds. The highest BCUT2D eigenvalue weighted by Crippen LogP contribution is 2.38. The molecular formula is C14H25NO2. The molecule has 3 aliphatic rings. The molecule has 0 aromatic heterocycles. The van der Waals surface area contributed by atoms with Crippen LogP contribution in [0.1, 0.15) is 44.9 Å². The van der Waals surface area contributed by atoms with Crippen LogP contribution in [0.15, 0.2) is 0 Å². The van der Waals surface area contributed by atoms with Crippen LogP contribution in [0.2, 0.25) is 0 Å². The van der Waals surface area contributed by atoms with Gasteiger partial charge in [0.25, 0.3) is 0 Å². The number of rotatable bonds is 5. The fourth-order valence-corrected chi connectivity index (χ4v) is 3.19. The Hall–Kier alpha value is -0.120. The van der Waals surface area contributed by atoms with Crippen LogP contribution in [-0.4, -0.2) is 38.5 Å². The van der Waals surface area contributed by atoms with E-state index in [9.17, 15) is 0 Å². The monoisotopic (exact) mass is 239 g/mol. The lowest BCUT2D eigenvalue weighted by molar-refractivity contribution is -0.0192. The molecule has 0 bridgehead atoms. The summed E-state index contributed by atoms with van der Waals surface area (Å²) >= 11 is 0. The Kier molecular flexibility index (Phi) is 3.69. The molecule has 1 saturated carbocycles. The van der Waals surface area contributed by atoms with Gasteiger partial charge in [-0.1, -0.05) is 0 Å². The van der Waals surface area contributed by atoms with Crippen LogP contribution < -0.4 is 5.32 Å². The molecule has 2 aliphatic heterocycles. The van der Waals surface area contributed by atoms with Crippen LogP contribution in [0, 0.1) is 5.41 Å². The van der Waals surface area contributed by atoms with Crippen LogP contribution in [0.3, 0.4) is 0 Å². The van der Waals surface area contributed by atoms with Crippen molar-refractivity contribution in [3.8, 4) is 0 Å². The van der Waals surface area contributed by atoms with E-state index in [0.717, 1.165) is 25.9 Å². The first-order chi connectivity index (χ1) is 8.36. The van der Waals surface area contributed by atoms with Crippen LogP contribution in [0.5, 0.6) is 0 Å². The zero-order chi connectivity index (χ0) is 11.6. The highest BCUT2D eigenvalue weighted by Gasteiger charge is 2.37. The molecule has 3 heteroatoms. The van der Waals surface area contributed by atoms with Crippen LogP contribution in [0.4, 0.5) is 0 Å². The van der Waals surface area contributed by atoms with E-state index in [0.29, 0.717) is 11.5 Å². The summed E-state index contributed by atoms with van der Waals surface area (Å²) in [5.74, 6) is 0. The summed E-state index contributed by atoms with van der Waals surface area (Å²) in [7, 11) is 0. The predicted octanol–water partition coefficient (Wildman–Crippen LogP) is 2.10. The molecule has 0 aromatic carbocycles. The van der Waals surface area contributed by atoms with Crippen molar-refractivity contribution in [3.63, 3.8) is 0 Å². The molecule has 1 atom stereocenters. The molecule has 3 nitrogen and oxygen atoms in total. The van der Waals surface area contributed by atoms with Gasteiger partial charge in [-0.3, -0.25) is 0 Å². The Morgan fingerprint density at radius 2 is 1.88 bits per heavy atom. The second-order valence-corrected chi connectivity index (χ2v) is 6.11. The van der Waals surface area contributed by atoms with Crippen molar-refractivity contribution in [3.05, 3.63) is 0 Å². The first-order valence-electron chi connectivity index (χ1n) is 7.29. The van der Waals surface area contributed by atoms with Gasteiger partial charge in [-0.05, 0) is 50.4 Å². The van der Waals surface area contributed by atoms with Crippen molar-refractivity contribution in [2.24, 2.45) is 5.41 Å². The smallest absolute Gasteiger partial charge is 0.0581 e. The van der Waals surface area contributed by atoms with Crippen molar-refractivity contribution < 1.29 is 9.47 Å². The number of ether oxygens (including phenoxy) is 2. The van der Waals surface area contributed by atoms with E-state index in [1.165, 1.54) is 51.5 Å². The van der Waals surface area contributed by atoms with E-state index in [2.05, 4.69) is 5.32 Å². The lowest BCUT2D eigenvalue weighted by Crippen LogP contribution is -2.42. The molecule has 3 fully saturated rings. The number of hydrogen-bond donors (Lipinski definition) is 1. The summed E-state index contributed by atoms with van der Waals surface area (Å²) in [6, 6.07) is 0.819. The van der Waals surface area contributed by atoms with E-state index < -0.39 is 0 Å². The van der Waals surface area contributed by atoms with E-state index in [-0.39, 0.29) is 0 Å². The molecule has 0 aromatic rings. The van der Waals surface area contributed by atoms with Crippen molar-refractivity contribution in [1.29, 1.82) is 0 Å². The topological polar surface area (TPSA) is 30.5 Å². The largest absolute Gasteiger partial charge is 0.381 e. The Bertz CT molecular complexity index is 241. The van der Waals surface area contributed by atoms with E-state index in [1.807, 2.05) is 0 Å². The maximum Gasteiger partial charge on any atom is 0.0581 e. The summed E-state index contributed by atoms with van der Waals surface area (Å²) < 4.78 is 11.4. The molecule has 3 rings (SSSR count). The summed E-state index contributed by atoms with van der Waals surface area (Å²) in [4.78, 5) is 0. The third-order valence-corrected chi connectivity index (χ3v) is 4.58. The summed E-state index contributed by atoms with van der Waals surface area (Å²) in [5.41, 5.74) is 0.454. The zero-order valence-corrected chi connectivity index (χ0v) is 10.7. The SMILES string of the molecule is C1COC(CC2(CNC3CC3)CCOCC2)C1. The van der Waals surface area contributed by atoms with Gasteiger partial charge >= 0.3 is 0 Å². The Balaban J connectivity index is 1.56. The van der Waals surface area contributed by atoms with Crippen molar-refractivity contribution >= 4 is 0 Å². The molecule has 1 aliphatic carbocycles. The second-order valence-electron chi connectivity index (χ2n) is 6.11. The van der Waals surface area contributed by atoms with E-state index >= 15 is 0 Å². The fourth-order valence-electron chi connectivity index (χ4n) is 3.19. The lowest BCUT2D eigenvalue weighted by atomic mass is 9.75. The quantitative estimate of drug-likeness (QED) is 0.797. The minimum absolute atomic E-state index is 0.454. The molecule has 1 unspecified atom stereocenters. The van der Waals surface area contributed by atoms with Gasteiger partial charge in [0.15, 0.2) is 0 Å². The summed E-state index contributed by atoms with van der Waals surface area (Å²) in [6.45, 7) is 4.05. The normalized spacial score (nSPS) is 32.8. The molecule has 0 radical (unpaired) electrons. The Morgan fingerprint density at radius 3 is 2.53 bits per heavy atom. The van der Waals surface area contributed by atoms with Crippen molar-refractivity contribution in [2.45, 2.75) is 57.1 Å². The van der Waals surface area contributed by atoms with Gasteiger partial charge in [-0.15, -0.1) is 0 Å². The maximum absolute atomic E-state index is 5.83. The van der Waals surface area contributed by atoms with Crippen molar-refractivity contribution in [2.75, 3.05) is 26.4 Å². The van der Waals surface area contributed by atoms with E-state index in [1.54, 1.807) is 0 Å². The molecule has 2 heterocycles. The van der Waals surface area contributed by atoms with Crippen LogP contribution in [-0.2, 0) is 9.47 Å². The van der Waals surface area contributed by atoms with Gasteiger partial charge in [0, 0.05) is 32.4 Å². The molecule has 17 heavy (non-hydrogen) atoms. The van der Waals surface area contributed by atoms with Crippen molar-refractivity contribution in [1.82, 2.24) is 5.32 Å². The predicted molar refractivity (Wildman–Crippen MR) is 67.1 cm³/mol. The van der Waals surface area contributed by atoms with Gasteiger partial charge < -0.3 is 14.8 Å². The zero-order valence-electron chi connectivity index (χ0n) is 10.7. The van der Waals surface area contributed by atoms with Gasteiger partial charge in [0.2, 0.25) is 0 Å². The van der Waals surface area contributed by atoms with Crippen LogP contribution >= 0.6 is 0 Å². The number of nitrogens with one attached hydrogen (secondary N) is 1. The highest BCUT2D eigenvalue weighted by atomic mass is 16.5. The average molecular weight is 239 g/mol. The second kappa shape index (κ2) is 5.25. The van der Waals surface area contributed by atoms with Crippen LogP contribution in [0.25, 0.3) is 0 Å². The molecule has 2 saturated heterocycles. The molecule has 0 spiro atoms. The Morgan fingerprint density at radius 1 is 1.06 bits per heavy atom. The number of hydrogen-bond acceptors (Lipinski definition) is 3. The standard InChI is InChI=1S/C14H25NO2/c1-2-13(17-7-1)10-14(5-8-16-9-6-14)11-15-12-3-4-12/h12-13,15H,1-11H2. The highest BCUT2D eigenvalue weighted by molar-refractivity contribution is 4.91. The van der Waals surface area contributed by atoms with Gasteiger partial charge in [-0.2, -0.15) is 0 Å². The minimum Gasteiger partial charge on any atom is -0.381 e. The fraction of sp³-hybridized carbons (Fsp3) is 1.00. The first-order valence-corrected chi connectivity index (χ1v) is 7.29.